The Morgan fingerprint density at radius 3 is 2.90 bits per heavy atom. The van der Waals surface area contributed by atoms with Crippen LogP contribution >= 0.6 is 0 Å². The van der Waals surface area contributed by atoms with Gasteiger partial charge in [0.1, 0.15) is 5.69 Å². The second-order valence-electron chi connectivity index (χ2n) is 4.98. The third kappa shape index (κ3) is 2.58. The van der Waals surface area contributed by atoms with Gasteiger partial charge in [0.2, 0.25) is 0 Å². The fourth-order valence-corrected chi connectivity index (χ4v) is 2.29. The van der Waals surface area contributed by atoms with Crippen molar-refractivity contribution in [2.24, 2.45) is 0 Å². The summed E-state index contributed by atoms with van der Waals surface area (Å²) in [7, 11) is 0. The molecule has 106 valence electrons. The molecule has 0 radical (unpaired) electrons. The molecule has 5 nitrogen and oxygen atoms in total. The van der Waals surface area contributed by atoms with Gasteiger partial charge < -0.3 is 16.0 Å². The highest BCUT2D eigenvalue weighted by molar-refractivity contribution is 6.00. The number of nitrogens with one attached hydrogen (secondary N) is 2. The largest absolute Gasteiger partial charge is 0.397 e. The third-order valence-electron chi connectivity index (χ3n) is 3.47. The summed E-state index contributed by atoms with van der Waals surface area (Å²) in [6.07, 6.45) is 3.45. The first kappa shape index (κ1) is 13.2. The fraction of sp³-hybridized carbons (Fsp3) is 0.125. The smallest absolute Gasteiger partial charge is 0.268 e. The van der Waals surface area contributed by atoms with Crippen molar-refractivity contribution in [1.29, 1.82) is 0 Å². The highest BCUT2D eigenvalue weighted by Crippen LogP contribution is 2.21. The molecule has 0 saturated carbocycles. The van der Waals surface area contributed by atoms with E-state index >= 15 is 0 Å². The van der Waals surface area contributed by atoms with Crippen LogP contribution < -0.4 is 11.1 Å². The molecule has 4 N–H and O–H groups in total. The molecule has 2 aromatic heterocycles. The molecule has 0 aliphatic rings. The van der Waals surface area contributed by atoms with Gasteiger partial charge in [0.05, 0.1) is 17.2 Å². The van der Waals surface area contributed by atoms with Crippen molar-refractivity contribution in [3.05, 3.63) is 60.0 Å². The number of nitrogen functional groups attached to an aromatic ring is 1. The Hall–Kier alpha value is -2.82. The minimum atomic E-state index is -0.165. The van der Waals surface area contributed by atoms with E-state index in [9.17, 15) is 4.79 Å². The average molecular weight is 280 g/mol. The number of fused-ring (bicyclic) bond motifs is 1. The molecule has 1 atom stereocenters. The van der Waals surface area contributed by atoms with E-state index in [0.717, 1.165) is 16.5 Å². The van der Waals surface area contributed by atoms with Crippen LogP contribution in [0, 0.1) is 0 Å². The molecule has 2 heterocycles. The molecule has 5 heteroatoms. The SMILES string of the molecule is CC(NC(=O)c1cc2cccc(N)c2[nH]1)c1cccnc1. The maximum Gasteiger partial charge on any atom is 0.268 e. The Balaban J connectivity index is 1.82. The molecule has 3 rings (SSSR count). The number of hydrogen-bond donors (Lipinski definition) is 3. The molecule has 21 heavy (non-hydrogen) atoms. The van der Waals surface area contributed by atoms with Gasteiger partial charge in [-0.15, -0.1) is 0 Å². The van der Waals surface area contributed by atoms with E-state index in [2.05, 4.69) is 15.3 Å². The summed E-state index contributed by atoms with van der Waals surface area (Å²) in [4.78, 5) is 19.4. The Labute approximate surface area is 122 Å². The van der Waals surface area contributed by atoms with Gasteiger partial charge in [-0.1, -0.05) is 18.2 Å². The van der Waals surface area contributed by atoms with Crippen molar-refractivity contribution < 1.29 is 4.79 Å². The zero-order valence-electron chi connectivity index (χ0n) is 11.6. The molecule has 0 saturated heterocycles. The lowest BCUT2D eigenvalue weighted by Crippen LogP contribution is -2.26. The quantitative estimate of drug-likeness (QED) is 0.645. The summed E-state index contributed by atoms with van der Waals surface area (Å²) >= 11 is 0. The zero-order valence-corrected chi connectivity index (χ0v) is 11.6. The normalized spacial score (nSPS) is 12.2. The Bertz CT molecular complexity index is 779. The molecule has 0 aliphatic carbocycles. The van der Waals surface area contributed by atoms with Crippen molar-refractivity contribution in [1.82, 2.24) is 15.3 Å². The lowest BCUT2D eigenvalue weighted by molar-refractivity contribution is 0.0935. The topological polar surface area (TPSA) is 83.8 Å². The van der Waals surface area contributed by atoms with Crippen molar-refractivity contribution >= 4 is 22.5 Å². The van der Waals surface area contributed by atoms with Crippen LogP contribution in [0.3, 0.4) is 0 Å². The Morgan fingerprint density at radius 1 is 1.33 bits per heavy atom. The van der Waals surface area contributed by atoms with E-state index in [4.69, 9.17) is 5.73 Å². The number of nitrogens with two attached hydrogens (primary N) is 1. The van der Waals surface area contributed by atoms with Crippen LogP contribution in [0.2, 0.25) is 0 Å². The average Bonchev–Trinajstić information content (AvgIpc) is 2.94. The molecule has 3 aromatic rings. The van der Waals surface area contributed by atoms with Gasteiger partial charge in [-0.2, -0.15) is 0 Å². The van der Waals surface area contributed by atoms with Crippen molar-refractivity contribution in [2.45, 2.75) is 13.0 Å². The molecule has 1 amide bonds. The van der Waals surface area contributed by atoms with Gasteiger partial charge in [-0.3, -0.25) is 9.78 Å². The summed E-state index contributed by atoms with van der Waals surface area (Å²) in [6.45, 7) is 1.92. The fourth-order valence-electron chi connectivity index (χ4n) is 2.29. The monoisotopic (exact) mass is 280 g/mol. The summed E-state index contributed by atoms with van der Waals surface area (Å²) in [5.74, 6) is -0.165. The molecule has 0 bridgehead atoms. The van der Waals surface area contributed by atoms with Crippen molar-refractivity contribution in [3.8, 4) is 0 Å². The summed E-state index contributed by atoms with van der Waals surface area (Å²) in [5.41, 5.74) is 8.77. The van der Waals surface area contributed by atoms with Crippen LogP contribution in [0.4, 0.5) is 5.69 Å². The number of rotatable bonds is 3. The number of anilines is 1. The van der Waals surface area contributed by atoms with Gasteiger partial charge in [0.25, 0.3) is 5.91 Å². The van der Waals surface area contributed by atoms with Crippen molar-refractivity contribution in [2.75, 3.05) is 5.73 Å². The third-order valence-corrected chi connectivity index (χ3v) is 3.47. The van der Waals surface area contributed by atoms with Crippen LogP contribution in [0.15, 0.2) is 48.8 Å². The maximum absolute atomic E-state index is 12.3. The van der Waals surface area contributed by atoms with E-state index in [-0.39, 0.29) is 11.9 Å². The van der Waals surface area contributed by atoms with Crippen LogP contribution in [-0.4, -0.2) is 15.9 Å². The molecular formula is C16H16N4O. The number of carbonyl (C=O) groups is 1. The number of aromatic amines is 1. The molecule has 0 aliphatic heterocycles. The molecule has 0 fully saturated rings. The van der Waals surface area contributed by atoms with E-state index in [1.165, 1.54) is 0 Å². The number of H-pyrrole nitrogens is 1. The number of amides is 1. The number of carbonyl (C=O) groups excluding carboxylic acids is 1. The lowest BCUT2D eigenvalue weighted by Gasteiger charge is -2.12. The molecular weight excluding hydrogens is 264 g/mol. The van der Waals surface area contributed by atoms with E-state index in [1.807, 2.05) is 31.2 Å². The van der Waals surface area contributed by atoms with Crippen LogP contribution in [-0.2, 0) is 0 Å². The number of hydrogen-bond acceptors (Lipinski definition) is 3. The highest BCUT2D eigenvalue weighted by Gasteiger charge is 2.14. The standard InChI is InChI=1S/C16H16N4O/c1-10(12-5-3-7-18-9-12)19-16(21)14-8-11-4-2-6-13(17)15(11)20-14/h2-10,20H,17H2,1H3,(H,19,21). The first-order valence-corrected chi connectivity index (χ1v) is 6.73. The van der Waals surface area contributed by atoms with Crippen LogP contribution in [0.1, 0.15) is 29.0 Å². The summed E-state index contributed by atoms with van der Waals surface area (Å²) < 4.78 is 0. The molecule has 1 aromatic carbocycles. The van der Waals surface area contributed by atoms with E-state index in [1.54, 1.807) is 24.5 Å². The Kier molecular flexibility index (Phi) is 3.31. The maximum atomic E-state index is 12.3. The highest BCUT2D eigenvalue weighted by atomic mass is 16.1. The summed E-state index contributed by atoms with van der Waals surface area (Å²) in [6, 6.07) is 11.1. The first-order valence-electron chi connectivity index (χ1n) is 6.73. The summed E-state index contributed by atoms with van der Waals surface area (Å²) in [5, 5.41) is 3.87. The van der Waals surface area contributed by atoms with Crippen molar-refractivity contribution in [3.63, 3.8) is 0 Å². The number of aromatic nitrogens is 2. The zero-order chi connectivity index (χ0) is 14.8. The van der Waals surface area contributed by atoms with Gasteiger partial charge in [-0.05, 0) is 30.7 Å². The molecule has 0 spiro atoms. The second-order valence-corrected chi connectivity index (χ2v) is 4.98. The number of pyridine rings is 1. The van der Waals surface area contributed by atoms with E-state index in [0.29, 0.717) is 11.4 Å². The van der Waals surface area contributed by atoms with Gasteiger partial charge >= 0.3 is 0 Å². The molecule has 1 unspecified atom stereocenters. The number of nitrogens with zero attached hydrogens (tertiary/aromatic N) is 1. The second kappa shape index (κ2) is 5.28. The van der Waals surface area contributed by atoms with Gasteiger partial charge in [-0.25, -0.2) is 0 Å². The number of para-hydroxylation sites is 1. The van der Waals surface area contributed by atoms with Crippen LogP contribution in [0.5, 0.6) is 0 Å². The van der Waals surface area contributed by atoms with Gasteiger partial charge in [0, 0.05) is 17.8 Å². The lowest BCUT2D eigenvalue weighted by atomic mass is 10.1. The van der Waals surface area contributed by atoms with E-state index < -0.39 is 0 Å². The van der Waals surface area contributed by atoms with Crippen LogP contribution in [0.25, 0.3) is 10.9 Å². The van der Waals surface area contributed by atoms with Gasteiger partial charge in [0.15, 0.2) is 0 Å². The first-order chi connectivity index (χ1) is 10.1. The predicted octanol–water partition coefficient (Wildman–Crippen LogP) is 2.64. The number of benzene rings is 1. The minimum absolute atomic E-state index is 0.116. The minimum Gasteiger partial charge on any atom is -0.397 e. The predicted molar refractivity (Wildman–Crippen MR) is 82.8 cm³/mol. The Morgan fingerprint density at radius 2 is 2.19 bits per heavy atom.